The third-order valence-electron chi connectivity index (χ3n) is 1.77. The molecule has 16 heavy (non-hydrogen) atoms. The molecule has 1 aromatic carbocycles. The van der Waals surface area contributed by atoms with E-state index in [1.807, 2.05) is 0 Å². The van der Waals surface area contributed by atoms with Gasteiger partial charge in [0, 0.05) is 10.4 Å². The van der Waals surface area contributed by atoms with Crippen molar-refractivity contribution in [3.63, 3.8) is 0 Å². The van der Waals surface area contributed by atoms with Crippen molar-refractivity contribution in [3.8, 4) is 11.8 Å². The predicted octanol–water partition coefficient (Wildman–Crippen LogP) is 2.05. The summed E-state index contributed by atoms with van der Waals surface area (Å²) >= 11 is 3.29. The topological polar surface area (TPSA) is 46.5 Å². The van der Waals surface area contributed by atoms with Crippen LogP contribution in [0.25, 0.3) is 0 Å². The average molecular weight is 283 g/mol. The fourth-order valence-corrected chi connectivity index (χ4v) is 1.29. The van der Waals surface area contributed by atoms with Gasteiger partial charge in [0.2, 0.25) is 0 Å². The number of ether oxygens (including phenoxy) is 1. The Morgan fingerprint density at radius 2 is 2.12 bits per heavy atom. The van der Waals surface area contributed by atoms with Gasteiger partial charge in [0.1, 0.15) is 6.10 Å². The fourth-order valence-electron chi connectivity index (χ4n) is 1.02. The lowest BCUT2D eigenvalue weighted by molar-refractivity contribution is -0.136. The minimum atomic E-state index is -0.975. The van der Waals surface area contributed by atoms with E-state index >= 15 is 0 Å². The monoisotopic (exact) mass is 282 g/mol. The second kappa shape index (κ2) is 6.31. The summed E-state index contributed by atoms with van der Waals surface area (Å²) in [4.78, 5) is 10.9. The van der Waals surface area contributed by atoms with E-state index in [2.05, 4.69) is 32.5 Å². The summed E-state index contributed by atoms with van der Waals surface area (Å²) in [6.45, 7) is 1.98. The molecule has 0 radical (unpaired) electrons. The number of hydrogen-bond acceptors (Lipinski definition) is 3. The van der Waals surface area contributed by atoms with Gasteiger partial charge >= 0.3 is 5.97 Å². The van der Waals surface area contributed by atoms with Crippen LogP contribution in [-0.2, 0) is 9.53 Å². The molecule has 0 amide bonds. The minimum Gasteiger partial charge on any atom is -0.456 e. The zero-order valence-electron chi connectivity index (χ0n) is 8.74. The van der Waals surface area contributed by atoms with Crippen molar-refractivity contribution in [2.45, 2.75) is 13.0 Å². The first-order valence-corrected chi connectivity index (χ1v) is 5.54. The Bertz CT molecular complexity index is 414. The van der Waals surface area contributed by atoms with Gasteiger partial charge in [-0.2, -0.15) is 0 Å². The first-order chi connectivity index (χ1) is 7.63. The van der Waals surface area contributed by atoms with Gasteiger partial charge in [-0.25, -0.2) is 4.79 Å². The van der Waals surface area contributed by atoms with E-state index in [1.165, 1.54) is 0 Å². The van der Waals surface area contributed by atoms with Crippen molar-refractivity contribution in [2.24, 2.45) is 0 Å². The van der Waals surface area contributed by atoms with Gasteiger partial charge in [0.15, 0.2) is 0 Å². The summed E-state index contributed by atoms with van der Waals surface area (Å²) in [5.74, 6) is 4.02. The lowest BCUT2D eigenvalue weighted by atomic mass is 10.1. The third-order valence-corrected chi connectivity index (χ3v) is 2.30. The largest absolute Gasteiger partial charge is 0.456 e. The van der Waals surface area contributed by atoms with E-state index < -0.39 is 12.1 Å². The van der Waals surface area contributed by atoms with Crippen LogP contribution in [0.1, 0.15) is 18.6 Å². The molecule has 0 heterocycles. The summed E-state index contributed by atoms with van der Waals surface area (Å²) in [5.41, 5.74) is 0.639. The highest BCUT2D eigenvalue weighted by atomic mass is 79.9. The van der Waals surface area contributed by atoms with Crippen molar-refractivity contribution in [1.82, 2.24) is 0 Å². The number of hydrogen-bond donors (Lipinski definition) is 1. The van der Waals surface area contributed by atoms with Crippen LogP contribution in [0.3, 0.4) is 0 Å². The molecule has 1 rings (SSSR count). The second-order valence-electron chi connectivity index (χ2n) is 2.94. The maximum absolute atomic E-state index is 10.9. The molecule has 0 bridgehead atoms. The number of aliphatic hydroxyl groups excluding tert-OH is 1. The molecule has 0 aromatic heterocycles. The molecule has 1 N–H and O–H groups in total. The molecule has 84 valence electrons. The molecule has 0 spiro atoms. The Balaban J connectivity index is 2.68. The molecule has 0 saturated heterocycles. The van der Waals surface area contributed by atoms with Gasteiger partial charge in [0.25, 0.3) is 0 Å². The van der Waals surface area contributed by atoms with Crippen molar-refractivity contribution in [3.05, 3.63) is 34.3 Å². The molecule has 0 aliphatic rings. The summed E-state index contributed by atoms with van der Waals surface area (Å²) in [7, 11) is 0. The fraction of sp³-hybridized carbons (Fsp3) is 0.250. The molecule has 0 unspecified atom stereocenters. The molecular formula is C12H11BrO3. The summed E-state index contributed by atoms with van der Waals surface area (Å²) in [5, 5.41) is 9.63. The second-order valence-corrected chi connectivity index (χ2v) is 3.86. The average Bonchev–Trinajstić information content (AvgIpc) is 2.27. The summed E-state index contributed by atoms with van der Waals surface area (Å²) < 4.78 is 5.53. The molecule has 0 aliphatic heterocycles. The van der Waals surface area contributed by atoms with E-state index in [1.54, 1.807) is 31.2 Å². The number of esters is 1. The van der Waals surface area contributed by atoms with Crippen LogP contribution < -0.4 is 0 Å². The molecule has 1 atom stereocenters. The molecule has 0 aliphatic carbocycles. The van der Waals surface area contributed by atoms with Crippen molar-refractivity contribution < 1.29 is 14.6 Å². The summed E-state index contributed by atoms with van der Waals surface area (Å²) in [6.07, 6.45) is -0.975. The molecular weight excluding hydrogens is 272 g/mol. The Morgan fingerprint density at radius 3 is 2.69 bits per heavy atom. The van der Waals surface area contributed by atoms with Gasteiger partial charge < -0.3 is 9.84 Å². The van der Waals surface area contributed by atoms with Gasteiger partial charge in [-0.15, -0.1) is 0 Å². The highest BCUT2D eigenvalue weighted by molar-refractivity contribution is 9.10. The zero-order valence-corrected chi connectivity index (χ0v) is 10.3. The Labute approximate surface area is 103 Å². The van der Waals surface area contributed by atoms with E-state index in [0.29, 0.717) is 5.56 Å². The van der Waals surface area contributed by atoms with Crippen LogP contribution in [0, 0.1) is 11.8 Å². The van der Waals surface area contributed by atoms with Crippen LogP contribution in [0.2, 0.25) is 0 Å². The van der Waals surface area contributed by atoms with Crippen LogP contribution in [-0.4, -0.2) is 17.7 Å². The number of rotatable bonds is 2. The number of carbonyl (C=O) groups excluding carboxylic acids is 1. The molecule has 0 saturated carbocycles. The first kappa shape index (κ1) is 12.8. The SMILES string of the molecule is CCOC(=O)C#C[C@H](O)c1ccc(Br)cc1. The lowest BCUT2D eigenvalue weighted by Crippen LogP contribution is -2.01. The number of carbonyl (C=O) groups is 1. The smallest absolute Gasteiger partial charge is 0.384 e. The minimum absolute atomic E-state index is 0.280. The van der Waals surface area contributed by atoms with Crippen LogP contribution in [0.4, 0.5) is 0 Å². The van der Waals surface area contributed by atoms with E-state index in [9.17, 15) is 9.90 Å². The summed E-state index contributed by atoms with van der Waals surface area (Å²) in [6, 6.07) is 7.05. The Hall–Kier alpha value is -1.31. The van der Waals surface area contributed by atoms with Crippen molar-refractivity contribution in [2.75, 3.05) is 6.61 Å². The number of benzene rings is 1. The molecule has 4 heteroatoms. The highest BCUT2D eigenvalue weighted by Crippen LogP contribution is 2.15. The first-order valence-electron chi connectivity index (χ1n) is 4.75. The number of aliphatic hydroxyl groups is 1. The maximum atomic E-state index is 10.9. The van der Waals surface area contributed by atoms with E-state index in [-0.39, 0.29) is 6.61 Å². The van der Waals surface area contributed by atoms with Crippen LogP contribution >= 0.6 is 15.9 Å². The maximum Gasteiger partial charge on any atom is 0.384 e. The van der Waals surface area contributed by atoms with Gasteiger partial charge in [-0.3, -0.25) is 0 Å². The van der Waals surface area contributed by atoms with Crippen molar-refractivity contribution in [1.29, 1.82) is 0 Å². The molecule has 3 nitrogen and oxygen atoms in total. The molecule has 1 aromatic rings. The van der Waals surface area contributed by atoms with E-state index in [0.717, 1.165) is 4.47 Å². The van der Waals surface area contributed by atoms with Crippen LogP contribution in [0.15, 0.2) is 28.7 Å². The Morgan fingerprint density at radius 1 is 1.50 bits per heavy atom. The third kappa shape index (κ3) is 4.05. The predicted molar refractivity (Wildman–Crippen MR) is 63.5 cm³/mol. The van der Waals surface area contributed by atoms with Crippen LogP contribution in [0.5, 0.6) is 0 Å². The zero-order chi connectivity index (χ0) is 12.0. The Kier molecular flexibility index (Phi) is 5.03. The highest BCUT2D eigenvalue weighted by Gasteiger charge is 2.03. The van der Waals surface area contributed by atoms with Gasteiger partial charge in [-0.1, -0.05) is 34.0 Å². The van der Waals surface area contributed by atoms with Crippen molar-refractivity contribution >= 4 is 21.9 Å². The quantitative estimate of drug-likeness (QED) is 0.513. The molecule has 0 fully saturated rings. The lowest BCUT2D eigenvalue weighted by Gasteiger charge is -2.02. The normalized spacial score (nSPS) is 11.2. The van der Waals surface area contributed by atoms with Gasteiger partial charge in [0.05, 0.1) is 6.61 Å². The van der Waals surface area contributed by atoms with E-state index in [4.69, 9.17) is 0 Å². The number of halogens is 1. The van der Waals surface area contributed by atoms with Gasteiger partial charge in [-0.05, 0) is 24.6 Å². The standard InChI is InChI=1S/C12H11BrO3/c1-2-16-12(15)8-7-11(14)9-3-5-10(13)6-4-9/h3-6,11,14H,2H2,1H3/t11-/m0/s1.